The van der Waals surface area contributed by atoms with E-state index in [1.165, 1.54) is 6.07 Å². The Morgan fingerprint density at radius 1 is 1.27 bits per heavy atom. The topological polar surface area (TPSA) is 59.6 Å². The van der Waals surface area contributed by atoms with Gasteiger partial charge in [-0.25, -0.2) is 4.39 Å². The summed E-state index contributed by atoms with van der Waals surface area (Å²) in [6, 6.07) is 12.2. The highest BCUT2D eigenvalue weighted by molar-refractivity contribution is 9.10. The second kappa shape index (κ2) is 7.79. The fraction of sp³-hybridized carbons (Fsp3) is 0.188. The Morgan fingerprint density at radius 2 is 2.00 bits per heavy atom. The van der Waals surface area contributed by atoms with Crippen LogP contribution in [0.4, 0.5) is 10.1 Å². The third kappa shape index (κ3) is 4.73. The van der Waals surface area contributed by atoms with E-state index in [0.29, 0.717) is 24.5 Å². The summed E-state index contributed by atoms with van der Waals surface area (Å²) in [7, 11) is 1.61. The van der Waals surface area contributed by atoms with Crippen LogP contribution >= 0.6 is 15.9 Å². The molecule has 0 radical (unpaired) electrons. The molecule has 2 rings (SSSR count). The van der Waals surface area contributed by atoms with Gasteiger partial charge >= 0.3 is 0 Å². The molecule has 0 aliphatic heterocycles. The number of hydrogen-bond donors (Lipinski definition) is 2. The Labute approximate surface area is 137 Å². The highest BCUT2D eigenvalue weighted by atomic mass is 79.9. The first-order valence-corrected chi connectivity index (χ1v) is 7.52. The molecule has 116 valence electrons. The van der Waals surface area contributed by atoms with Crippen LogP contribution in [0, 0.1) is 5.82 Å². The molecule has 0 atom stereocenters. The highest BCUT2D eigenvalue weighted by Crippen LogP contribution is 2.16. The lowest BCUT2D eigenvalue weighted by molar-refractivity contribution is 0.415. The number of ether oxygens (including phenoxy) is 1. The van der Waals surface area contributed by atoms with Crippen LogP contribution in [0.15, 0.2) is 51.9 Å². The van der Waals surface area contributed by atoms with Crippen molar-refractivity contribution in [2.75, 3.05) is 19.0 Å². The van der Waals surface area contributed by atoms with Crippen LogP contribution in [-0.4, -0.2) is 19.6 Å². The third-order valence-electron chi connectivity index (χ3n) is 3.03. The minimum Gasteiger partial charge on any atom is -0.497 e. The molecule has 0 amide bonds. The van der Waals surface area contributed by atoms with Crippen LogP contribution in [0.1, 0.15) is 5.56 Å². The summed E-state index contributed by atoms with van der Waals surface area (Å²) in [5.41, 5.74) is 7.24. The maximum absolute atomic E-state index is 13.6. The van der Waals surface area contributed by atoms with Gasteiger partial charge in [0.1, 0.15) is 11.6 Å². The summed E-state index contributed by atoms with van der Waals surface area (Å²) < 4.78 is 19.5. The zero-order chi connectivity index (χ0) is 15.9. The van der Waals surface area contributed by atoms with E-state index < -0.39 is 0 Å². The number of anilines is 1. The first-order valence-electron chi connectivity index (χ1n) is 6.73. The van der Waals surface area contributed by atoms with Gasteiger partial charge in [-0.05, 0) is 54.4 Å². The molecule has 4 nitrogen and oxygen atoms in total. The lowest BCUT2D eigenvalue weighted by Crippen LogP contribution is -2.23. The number of benzene rings is 2. The first kappa shape index (κ1) is 16.3. The number of methoxy groups -OCH3 is 1. The predicted molar refractivity (Wildman–Crippen MR) is 90.9 cm³/mol. The van der Waals surface area contributed by atoms with Crippen LogP contribution in [0.5, 0.6) is 5.75 Å². The summed E-state index contributed by atoms with van der Waals surface area (Å²) in [6.07, 6.45) is 0.482. The van der Waals surface area contributed by atoms with E-state index in [2.05, 4.69) is 26.2 Å². The molecule has 0 bridgehead atoms. The van der Waals surface area contributed by atoms with Crippen molar-refractivity contribution in [2.24, 2.45) is 10.7 Å². The maximum atomic E-state index is 13.6. The van der Waals surface area contributed by atoms with E-state index in [9.17, 15) is 4.39 Å². The number of hydrogen-bond acceptors (Lipinski definition) is 2. The fourth-order valence-corrected chi connectivity index (χ4v) is 2.30. The molecule has 6 heteroatoms. The summed E-state index contributed by atoms with van der Waals surface area (Å²) >= 11 is 3.32. The van der Waals surface area contributed by atoms with Crippen molar-refractivity contribution < 1.29 is 9.13 Å². The number of nitrogens with zero attached hydrogens (tertiary/aromatic N) is 1. The Kier molecular flexibility index (Phi) is 5.77. The lowest BCUT2D eigenvalue weighted by Gasteiger charge is -2.07. The number of guanidine groups is 1. The van der Waals surface area contributed by atoms with E-state index in [1.54, 1.807) is 19.2 Å². The Bertz CT molecular complexity index is 659. The van der Waals surface area contributed by atoms with Crippen molar-refractivity contribution in [2.45, 2.75) is 6.42 Å². The second-order valence-corrected chi connectivity index (χ2v) is 5.52. The van der Waals surface area contributed by atoms with Crippen LogP contribution in [0.3, 0.4) is 0 Å². The molecular weight excluding hydrogens is 349 g/mol. The molecule has 0 aromatic heterocycles. The van der Waals surface area contributed by atoms with Crippen LogP contribution in [0.2, 0.25) is 0 Å². The van der Waals surface area contributed by atoms with Gasteiger partial charge in [-0.3, -0.25) is 4.99 Å². The molecule has 0 aliphatic rings. The molecule has 0 fully saturated rings. The van der Waals surface area contributed by atoms with Gasteiger partial charge in [-0.2, -0.15) is 0 Å². The van der Waals surface area contributed by atoms with Crippen LogP contribution in [0.25, 0.3) is 0 Å². The Balaban J connectivity index is 1.90. The molecule has 0 aliphatic carbocycles. The average molecular weight is 366 g/mol. The van der Waals surface area contributed by atoms with Crippen molar-refractivity contribution in [1.82, 2.24) is 0 Å². The molecule has 2 aromatic rings. The standard InChI is InChI=1S/C16H17BrFN3O/c1-22-14-5-3-13(4-6-14)21-16(19)20-9-8-11-10-12(17)2-7-15(11)18/h2-7,10H,8-9H2,1H3,(H3,19,20,21). The monoisotopic (exact) mass is 365 g/mol. The largest absolute Gasteiger partial charge is 0.497 e. The molecule has 0 saturated carbocycles. The quantitative estimate of drug-likeness (QED) is 0.628. The third-order valence-corrected chi connectivity index (χ3v) is 3.53. The fourth-order valence-electron chi connectivity index (χ4n) is 1.89. The average Bonchev–Trinajstić information content (AvgIpc) is 2.51. The number of nitrogens with one attached hydrogen (secondary N) is 1. The minimum absolute atomic E-state index is 0.236. The van der Waals surface area contributed by atoms with Gasteiger partial charge in [-0.15, -0.1) is 0 Å². The molecule has 22 heavy (non-hydrogen) atoms. The van der Waals surface area contributed by atoms with Gasteiger partial charge in [0, 0.05) is 16.7 Å². The first-order chi connectivity index (χ1) is 10.6. The zero-order valence-corrected chi connectivity index (χ0v) is 13.7. The minimum atomic E-state index is -0.236. The maximum Gasteiger partial charge on any atom is 0.193 e. The number of nitrogens with two attached hydrogens (primary N) is 1. The van der Waals surface area contributed by atoms with Crippen molar-refractivity contribution in [3.63, 3.8) is 0 Å². The summed E-state index contributed by atoms with van der Waals surface area (Å²) in [5.74, 6) is 0.826. The highest BCUT2D eigenvalue weighted by Gasteiger charge is 2.02. The second-order valence-electron chi connectivity index (χ2n) is 4.61. The van der Waals surface area contributed by atoms with Crippen LogP contribution in [-0.2, 0) is 6.42 Å². The van der Waals surface area contributed by atoms with E-state index in [-0.39, 0.29) is 5.82 Å². The molecule has 3 N–H and O–H groups in total. The zero-order valence-electron chi connectivity index (χ0n) is 12.1. The smallest absolute Gasteiger partial charge is 0.193 e. The molecule has 0 unspecified atom stereocenters. The van der Waals surface area contributed by atoms with Crippen molar-refractivity contribution in [1.29, 1.82) is 0 Å². The van der Waals surface area contributed by atoms with Gasteiger partial charge in [0.15, 0.2) is 5.96 Å². The van der Waals surface area contributed by atoms with E-state index in [1.807, 2.05) is 24.3 Å². The molecule has 2 aromatic carbocycles. The SMILES string of the molecule is COc1ccc(NC(N)=NCCc2cc(Br)ccc2F)cc1. The lowest BCUT2D eigenvalue weighted by atomic mass is 10.1. The Hall–Kier alpha value is -2.08. The van der Waals surface area contributed by atoms with Gasteiger partial charge in [0.05, 0.1) is 7.11 Å². The van der Waals surface area contributed by atoms with Crippen molar-refractivity contribution in [3.05, 3.63) is 58.3 Å². The summed E-state index contributed by atoms with van der Waals surface area (Å²) in [5, 5.41) is 2.97. The molecule has 0 saturated heterocycles. The van der Waals surface area contributed by atoms with Crippen LogP contribution < -0.4 is 15.8 Å². The molecule has 0 spiro atoms. The Morgan fingerprint density at radius 3 is 2.68 bits per heavy atom. The van der Waals surface area contributed by atoms with Gasteiger partial charge < -0.3 is 15.8 Å². The molecular formula is C16H17BrFN3O. The number of halogens is 2. The van der Waals surface area contributed by atoms with E-state index in [4.69, 9.17) is 10.5 Å². The van der Waals surface area contributed by atoms with E-state index in [0.717, 1.165) is 15.9 Å². The predicted octanol–water partition coefficient (Wildman–Crippen LogP) is 3.57. The van der Waals surface area contributed by atoms with E-state index >= 15 is 0 Å². The van der Waals surface area contributed by atoms with Crippen molar-refractivity contribution in [3.8, 4) is 5.75 Å². The van der Waals surface area contributed by atoms with Crippen molar-refractivity contribution >= 4 is 27.6 Å². The number of rotatable bonds is 5. The summed E-state index contributed by atoms with van der Waals surface area (Å²) in [4.78, 5) is 4.20. The molecule has 0 heterocycles. The normalized spacial score (nSPS) is 11.3. The summed E-state index contributed by atoms with van der Waals surface area (Å²) in [6.45, 7) is 0.405. The van der Waals surface area contributed by atoms with Gasteiger partial charge in [0.2, 0.25) is 0 Å². The van der Waals surface area contributed by atoms with Gasteiger partial charge in [0.25, 0.3) is 0 Å². The number of aliphatic imine (C=N–C) groups is 1. The van der Waals surface area contributed by atoms with Gasteiger partial charge in [-0.1, -0.05) is 15.9 Å².